The number of benzene rings is 1. The van der Waals surface area contributed by atoms with Crippen LogP contribution in [0.3, 0.4) is 0 Å². The van der Waals surface area contributed by atoms with Gasteiger partial charge >= 0.3 is 12.0 Å². The third-order valence-corrected chi connectivity index (χ3v) is 2.85. The normalized spacial score (nSPS) is 10.1. The fraction of sp³-hybridized carbons (Fsp3) is 0.200. The number of hydrogen-bond donors (Lipinski definition) is 2. The highest BCUT2D eigenvalue weighted by atomic mass is 16.4. The third kappa shape index (κ3) is 4.38. The number of aliphatic carboxylic acids is 1. The molecular formula is C15H16N2O4. The summed E-state index contributed by atoms with van der Waals surface area (Å²) in [6.07, 6.45) is 1.47. The van der Waals surface area contributed by atoms with Gasteiger partial charge in [-0.15, -0.1) is 0 Å². The van der Waals surface area contributed by atoms with E-state index in [4.69, 9.17) is 9.52 Å². The van der Waals surface area contributed by atoms with Gasteiger partial charge in [0.25, 0.3) is 0 Å². The van der Waals surface area contributed by atoms with Gasteiger partial charge < -0.3 is 19.7 Å². The molecule has 0 unspecified atom stereocenters. The van der Waals surface area contributed by atoms with Crippen LogP contribution in [0.15, 0.2) is 47.1 Å². The molecule has 0 saturated heterocycles. The van der Waals surface area contributed by atoms with E-state index in [9.17, 15) is 9.59 Å². The molecule has 0 saturated carbocycles. The minimum atomic E-state index is -0.909. The molecule has 0 aliphatic carbocycles. The number of nitrogens with one attached hydrogen (secondary N) is 1. The van der Waals surface area contributed by atoms with E-state index in [1.165, 1.54) is 4.90 Å². The highest BCUT2D eigenvalue weighted by Gasteiger charge is 2.11. The molecule has 0 atom stereocenters. The van der Waals surface area contributed by atoms with E-state index in [1.54, 1.807) is 49.7 Å². The van der Waals surface area contributed by atoms with Gasteiger partial charge in [0.05, 0.1) is 19.2 Å². The second kappa shape index (κ2) is 6.60. The maximum absolute atomic E-state index is 12.0. The van der Waals surface area contributed by atoms with Crippen molar-refractivity contribution >= 4 is 17.7 Å². The smallest absolute Gasteiger partial charge is 0.321 e. The van der Waals surface area contributed by atoms with Crippen LogP contribution in [-0.2, 0) is 17.8 Å². The Morgan fingerprint density at radius 2 is 2.10 bits per heavy atom. The number of amides is 2. The molecule has 1 aromatic heterocycles. The first-order valence-corrected chi connectivity index (χ1v) is 6.40. The number of furan rings is 1. The van der Waals surface area contributed by atoms with Crippen LogP contribution in [0, 0.1) is 0 Å². The molecule has 2 aromatic rings. The van der Waals surface area contributed by atoms with Crippen molar-refractivity contribution in [2.75, 3.05) is 12.4 Å². The molecule has 1 aromatic carbocycles. The predicted octanol–water partition coefficient (Wildman–Crippen LogP) is 2.57. The lowest BCUT2D eigenvalue weighted by Crippen LogP contribution is -2.30. The average Bonchev–Trinajstić information content (AvgIpc) is 2.91. The average molecular weight is 288 g/mol. The van der Waals surface area contributed by atoms with Crippen LogP contribution in [0.4, 0.5) is 10.5 Å². The molecule has 0 aliphatic heterocycles. The van der Waals surface area contributed by atoms with Crippen molar-refractivity contribution in [1.29, 1.82) is 0 Å². The summed E-state index contributed by atoms with van der Waals surface area (Å²) in [5.74, 6) is -0.222. The van der Waals surface area contributed by atoms with E-state index in [0.29, 0.717) is 23.6 Å². The summed E-state index contributed by atoms with van der Waals surface area (Å²) in [7, 11) is 1.65. The summed E-state index contributed by atoms with van der Waals surface area (Å²) in [5.41, 5.74) is 1.19. The summed E-state index contributed by atoms with van der Waals surface area (Å²) < 4.78 is 5.18. The Morgan fingerprint density at radius 3 is 2.76 bits per heavy atom. The molecule has 0 spiro atoms. The Morgan fingerprint density at radius 1 is 1.29 bits per heavy atom. The molecule has 21 heavy (non-hydrogen) atoms. The Bertz CT molecular complexity index is 622. The first-order chi connectivity index (χ1) is 10.0. The number of hydrogen-bond acceptors (Lipinski definition) is 3. The second-order valence-electron chi connectivity index (χ2n) is 4.64. The van der Waals surface area contributed by atoms with Crippen molar-refractivity contribution in [2.24, 2.45) is 0 Å². The van der Waals surface area contributed by atoms with Crippen LogP contribution in [0.5, 0.6) is 0 Å². The molecular weight excluding hydrogens is 272 g/mol. The van der Waals surface area contributed by atoms with Crippen LogP contribution >= 0.6 is 0 Å². The fourth-order valence-corrected chi connectivity index (χ4v) is 1.86. The first kappa shape index (κ1) is 14.6. The highest BCUT2D eigenvalue weighted by molar-refractivity contribution is 5.89. The predicted molar refractivity (Wildman–Crippen MR) is 77.0 cm³/mol. The van der Waals surface area contributed by atoms with Crippen molar-refractivity contribution < 1.29 is 19.1 Å². The van der Waals surface area contributed by atoms with Gasteiger partial charge in [0.2, 0.25) is 0 Å². The number of carboxylic acids is 1. The maximum Gasteiger partial charge on any atom is 0.321 e. The lowest BCUT2D eigenvalue weighted by Gasteiger charge is -2.17. The van der Waals surface area contributed by atoms with E-state index in [-0.39, 0.29) is 12.5 Å². The Balaban J connectivity index is 1.97. The monoisotopic (exact) mass is 288 g/mol. The zero-order valence-corrected chi connectivity index (χ0v) is 11.6. The van der Waals surface area contributed by atoms with Gasteiger partial charge in [-0.2, -0.15) is 0 Å². The first-order valence-electron chi connectivity index (χ1n) is 6.40. The molecule has 2 rings (SSSR count). The summed E-state index contributed by atoms with van der Waals surface area (Å²) >= 11 is 0. The number of anilines is 1. The van der Waals surface area contributed by atoms with E-state index in [1.807, 2.05) is 0 Å². The molecule has 0 aliphatic rings. The maximum atomic E-state index is 12.0. The molecule has 2 N–H and O–H groups in total. The summed E-state index contributed by atoms with van der Waals surface area (Å²) in [5, 5.41) is 11.5. The van der Waals surface area contributed by atoms with Crippen LogP contribution in [0.1, 0.15) is 11.3 Å². The molecule has 6 heteroatoms. The minimum Gasteiger partial charge on any atom is -0.481 e. The van der Waals surface area contributed by atoms with Crippen molar-refractivity contribution in [1.82, 2.24) is 4.90 Å². The second-order valence-corrected chi connectivity index (χ2v) is 4.64. The van der Waals surface area contributed by atoms with Crippen LogP contribution in [-0.4, -0.2) is 29.1 Å². The standard InChI is InChI=1S/C15H16N2O4/c1-17(10-13-6-3-7-21-13)15(20)16-12-5-2-4-11(8-12)9-14(18)19/h2-8H,9-10H2,1H3,(H,16,20)(H,18,19). The third-order valence-electron chi connectivity index (χ3n) is 2.85. The quantitative estimate of drug-likeness (QED) is 0.885. The SMILES string of the molecule is CN(Cc1ccco1)C(=O)Nc1cccc(CC(=O)O)c1. The van der Waals surface area contributed by atoms with E-state index in [2.05, 4.69) is 5.32 Å². The molecule has 2 amide bonds. The topological polar surface area (TPSA) is 82.8 Å². The lowest BCUT2D eigenvalue weighted by molar-refractivity contribution is -0.136. The summed E-state index contributed by atoms with van der Waals surface area (Å²) in [4.78, 5) is 24.2. The van der Waals surface area contributed by atoms with Gasteiger partial charge in [-0.3, -0.25) is 4.79 Å². The highest BCUT2D eigenvalue weighted by Crippen LogP contribution is 2.13. The number of nitrogens with zero attached hydrogens (tertiary/aromatic N) is 1. The Kier molecular flexibility index (Phi) is 4.61. The summed E-state index contributed by atoms with van der Waals surface area (Å²) in [6.45, 7) is 0.355. The van der Waals surface area contributed by atoms with Crippen LogP contribution in [0.25, 0.3) is 0 Å². The van der Waals surface area contributed by atoms with E-state index >= 15 is 0 Å². The van der Waals surface area contributed by atoms with E-state index < -0.39 is 5.97 Å². The molecule has 0 fully saturated rings. The largest absolute Gasteiger partial charge is 0.481 e. The number of urea groups is 1. The minimum absolute atomic E-state index is 0.0774. The van der Waals surface area contributed by atoms with E-state index in [0.717, 1.165) is 0 Å². The molecule has 0 radical (unpaired) electrons. The van der Waals surface area contributed by atoms with Gasteiger partial charge in [0, 0.05) is 12.7 Å². The number of carbonyl (C=O) groups excluding carboxylic acids is 1. The van der Waals surface area contributed by atoms with Crippen molar-refractivity contribution in [3.63, 3.8) is 0 Å². The zero-order chi connectivity index (χ0) is 15.2. The van der Waals surface area contributed by atoms with Gasteiger partial charge in [-0.05, 0) is 29.8 Å². The Hall–Kier alpha value is -2.76. The number of carbonyl (C=O) groups is 2. The fourth-order valence-electron chi connectivity index (χ4n) is 1.86. The van der Waals surface area contributed by atoms with Gasteiger partial charge in [0.15, 0.2) is 0 Å². The Labute approximate surface area is 122 Å². The molecule has 110 valence electrons. The van der Waals surface area contributed by atoms with Gasteiger partial charge in [-0.25, -0.2) is 4.79 Å². The number of rotatable bonds is 5. The molecule has 6 nitrogen and oxygen atoms in total. The van der Waals surface area contributed by atoms with Crippen molar-refractivity contribution in [2.45, 2.75) is 13.0 Å². The van der Waals surface area contributed by atoms with Crippen LogP contribution in [0.2, 0.25) is 0 Å². The number of carboxylic acid groups (broad SMARTS) is 1. The van der Waals surface area contributed by atoms with Gasteiger partial charge in [0.1, 0.15) is 5.76 Å². The van der Waals surface area contributed by atoms with Crippen LogP contribution < -0.4 is 5.32 Å². The zero-order valence-electron chi connectivity index (χ0n) is 11.6. The molecule has 1 heterocycles. The lowest BCUT2D eigenvalue weighted by atomic mass is 10.1. The van der Waals surface area contributed by atoms with Crippen molar-refractivity contribution in [3.8, 4) is 0 Å². The molecule has 0 bridgehead atoms. The van der Waals surface area contributed by atoms with Gasteiger partial charge in [-0.1, -0.05) is 12.1 Å². The summed E-state index contributed by atoms with van der Waals surface area (Å²) in [6, 6.07) is 10.0. The van der Waals surface area contributed by atoms with Crippen molar-refractivity contribution in [3.05, 3.63) is 54.0 Å².